The third-order valence-corrected chi connectivity index (χ3v) is 6.92. The third kappa shape index (κ3) is 4.90. The van der Waals surface area contributed by atoms with Crippen molar-refractivity contribution < 1.29 is 23.8 Å². The molecule has 34 heavy (non-hydrogen) atoms. The number of ether oxygens (including phenoxy) is 3. The van der Waals surface area contributed by atoms with E-state index in [1.807, 2.05) is 24.3 Å². The molecule has 1 fully saturated rings. The lowest BCUT2D eigenvalue weighted by molar-refractivity contribution is -0.139. The molecular weight excluding hydrogens is 460 g/mol. The molecule has 3 heterocycles. The second-order valence-electron chi connectivity index (χ2n) is 7.81. The molecule has 0 radical (unpaired) electrons. The number of hydrogen-bond donors (Lipinski definition) is 1. The van der Waals surface area contributed by atoms with E-state index in [9.17, 15) is 14.4 Å². The lowest BCUT2D eigenvalue weighted by Gasteiger charge is -2.35. The Kier molecular flexibility index (Phi) is 7.13. The molecule has 0 atom stereocenters. The number of methoxy groups -OCH3 is 3. The second kappa shape index (κ2) is 10.2. The number of nitrogens with zero attached hydrogens (tertiary/aromatic N) is 3. The molecule has 0 saturated carbocycles. The number of anilines is 1. The molecule has 0 aliphatic carbocycles. The van der Waals surface area contributed by atoms with Crippen molar-refractivity contribution in [2.75, 3.05) is 52.4 Å². The Balaban J connectivity index is 1.51. The van der Waals surface area contributed by atoms with Crippen molar-refractivity contribution >= 4 is 39.2 Å². The average Bonchev–Trinajstić information content (AvgIpc) is 3.22. The molecule has 180 valence electrons. The fourth-order valence-electron chi connectivity index (χ4n) is 4.00. The normalized spacial score (nSPS) is 14.3. The number of aromatic amines is 1. The van der Waals surface area contributed by atoms with Crippen molar-refractivity contribution in [3.8, 4) is 5.75 Å². The highest BCUT2D eigenvalue weighted by Gasteiger charge is 2.25. The molecule has 11 heteroatoms. The summed E-state index contributed by atoms with van der Waals surface area (Å²) in [6, 6.07) is 7.99. The maximum absolute atomic E-state index is 12.9. The van der Waals surface area contributed by atoms with Gasteiger partial charge in [0.2, 0.25) is 0 Å². The van der Waals surface area contributed by atoms with Gasteiger partial charge in [0.05, 0.1) is 39.7 Å². The van der Waals surface area contributed by atoms with Gasteiger partial charge in [-0.15, -0.1) is 11.3 Å². The van der Waals surface area contributed by atoms with E-state index in [2.05, 4.69) is 19.8 Å². The van der Waals surface area contributed by atoms with Crippen LogP contribution in [0.15, 0.2) is 29.1 Å². The number of carbonyl (C=O) groups is 2. The molecule has 1 saturated heterocycles. The molecule has 2 aromatic heterocycles. The van der Waals surface area contributed by atoms with Crippen LogP contribution in [-0.2, 0) is 27.2 Å². The van der Waals surface area contributed by atoms with Gasteiger partial charge in [0.25, 0.3) is 5.56 Å². The van der Waals surface area contributed by atoms with Gasteiger partial charge in [-0.1, -0.05) is 0 Å². The predicted octanol–water partition coefficient (Wildman–Crippen LogP) is 1.82. The molecule has 3 aromatic rings. The van der Waals surface area contributed by atoms with Gasteiger partial charge in [-0.25, -0.2) is 9.78 Å². The Morgan fingerprint density at radius 1 is 1.06 bits per heavy atom. The summed E-state index contributed by atoms with van der Waals surface area (Å²) in [5.74, 6) is 0.171. The molecule has 10 nitrogen and oxygen atoms in total. The van der Waals surface area contributed by atoms with Gasteiger partial charge in [-0.05, 0) is 24.3 Å². The third-order valence-electron chi connectivity index (χ3n) is 5.81. The Morgan fingerprint density at radius 3 is 2.38 bits per heavy atom. The number of H-pyrrole nitrogens is 1. The van der Waals surface area contributed by atoms with E-state index in [1.165, 1.54) is 14.2 Å². The molecule has 0 unspecified atom stereocenters. The van der Waals surface area contributed by atoms with Gasteiger partial charge in [-0.2, -0.15) is 0 Å². The van der Waals surface area contributed by atoms with Gasteiger partial charge < -0.3 is 24.1 Å². The van der Waals surface area contributed by atoms with Crippen LogP contribution in [0.1, 0.15) is 21.1 Å². The number of aromatic nitrogens is 2. The van der Waals surface area contributed by atoms with Gasteiger partial charge in [0.15, 0.2) is 0 Å². The Morgan fingerprint density at radius 2 is 1.76 bits per heavy atom. The van der Waals surface area contributed by atoms with Crippen molar-refractivity contribution in [2.45, 2.75) is 13.0 Å². The fraction of sp³-hybridized carbons (Fsp3) is 0.391. The first-order valence-corrected chi connectivity index (χ1v) is 11.6. The summed E-state index contributed by atoms with van der Waals surface area (Å²) in [4.78, 5) is 49.5. The first kappa shape index (κ1) is 23.7. The highest BCUT2D eigenvalue weighted by molar-refractivity contribution is 7.20. The topological polar surface area (TPSA) is 114 Å². The minimum Gasteiger partial charge on any atom is -0.497 e. The maximum atomic E-state index is 12.9. The highest BCUT2D eigenvalue weighted by Crippen LogP contribution is 2.29. The standard InChI is InChI=1S/C23H26N4O6S/c1-31-15-6-4-14(5-7-15)27-10-8-26(9-11-27)13-17-24-21(29)19-16(12-18(28)32-2)20(23(30)33-3)34-22(19)25-17/h4-7H,8-13H2,1-3H3,(H,24,25,29). The molecule has 0 spiro atoms. The van der Waals surface area contributed by atoms with Gasteiger partial charge in [-0.3, -0.25) is 14.5 Å². The van der Waals surface area contributed by atoms with Crippen molar-refractivity contribution in [3.05, 3.63) is 50.9 Å². The Bertz CT molecular complexity index is 1240. The lowest BCUT2D eigenvalue weighted by Crippen LogP contribution is -2.46. The van der Waals surface area contributed by atoms with Crippen molar-refractivity contribution in [2.24, 2.45) is 0 Å². The molecule has 0 bridgehead atoms. The van der Waals surface area contributed by atoms with E-state index in [-0.39, 0.29) is 27.8 Å². The molecule has 1 aromatic carbocycles. The van der Waals surface area contributed by atoms with Crippen LogP contribution in [-0.4, -0.2) is 74.3 Å². The summed E-state index contributed by atoms with van der Waals surface area (Å²) in [5, 5.41) is 0.226. The smallest absolute Gasteiger partial charge is 0.348 e. The van der Waals surface area contributed by atoms with E-state index in [1.54, 1.807) is 7.11 Å². The van der Waals surface area contributed by atoms with Gasteiger partial charge in [0.1, 0.15) is 21.3 Å². The van der Waals surface area contributed by atoms with Crippen LogP contribution in [0.25, 0.3) is 10.2 Å². The zero-order valence-electron chi connectivity index (χ0n) is 19.3. The van der Waals surface area contributed by atoms with Crippen LogP contribution in [0.5, 0.6) is 5.75 Å². The van der Waals surface area contributed by atoms with Crippen molar-refractivity contribution in [3.63, 3.8) is 0 Å². The van der Waals surface area contributed by atoms with Gasteiger partial charge in [0, 0.05) is 37.4 Å². The monoisotopic (exact) mass is 486 g/mol. The highest BCUT2D eigenvalue weighted by atomic mass is 32.1. The Labute approximate surface area is 200 Å². The average molecular weight is 487 g/mol. The van der Waals surface area contributed by atoms with Gasteiger partial charge >= 0.3 is 11.9 Å². The minimum absolute atomic E-state index is 0.186. The maximum Gasteiger partial charge on any atom is 0.348 e. The number of fused-ring (bicyclic) bond motifs is 1. The van der Waals surface area contributed by atoms with Crippen LogP contribution >= 0.6 is 11.3 Å². The minimum atomic E-state index is -0.613. The number of hydrogen-bond acceptors (Lipinski definition) is 10. The van der Waals surface area contributed by atoms with Crippen LogP contribution in [0.3, 0.4) is 0 Å². The van der Waals surface area contributed by atoms with E-state index >= 15 is 0 Å². The quantitative estimate of drug-likeness (QED) is 0.500. The van der Waals surface area contributed by atoms with E-state index in [0.29, 0.717) is 17.2 Å². The molecule has 4 rings (SSSR count). The van der Waals surface area contributed by atoms with E-state index in [0.717, 1.165) is 49.0 Å². The second-order valence-corrected chi connectivity index (χ2v) is 8.81. The number of rotatable bonds is 7. The Hall–Kier alpha value is -3.44. The van der Waals surface area contributed by atoms with E-state index in [4.69, 9.17) is 14.2 Å². The molecule has 1 N–H and O–H groups in total. The molecular formula is C23H26N4O6S. The fourth-order valence-corrected chi connectivity index (χ4v) is 5.13. The summed E-state index contributed by atoms with van der Waals surface area (Å²) in [7, 11) is 4.16. The molecule has 1 aliphatic rings. The summed E-state index contributed by atoms with van der Waals surface area (Å²) in [6.45, 7) is 3.76. The summed E-state index contributed by atoms with van der Waals surface area (Å²) in [6.07, 6.45) is -0.210. The van der Waals surface area contributed by atoms with Crippen LogP contribution in [0, 0.1) is 0 Å². The number of carbonyl (C=O) groups excluding carboxylic acids is 2. The predicted molar refractivity (Wildman–Crippen MR) is 128 cm³/mol. The summed E-state index contributed by atoms with van der Waals surface area (Å²) < 4.78 is 14.8. The zero-order valence-corrected chi connectivity index (χ0v) is 20.1. The van der Waals surface area contributed by atoms with Crippen molar-refractivity contribution in [1.29, 1.82) is 0 Å². The molecule has 0 amide bonds. The SMILES string of the molecule is COC(=O)Cc1c(C(=O)OC)sc2nc(CN3CCN(c4ccc(OC)cc4)CC3)[nH]c(=O)c12. The van der Waals surface area contributed by atoms with Crippen LogP contribution in [0.2, 0.25) is 0 Å². The summed E-state index contributed by atoms with van der Waals surface area (Å²) in [5.41, 5.74) is 1.04. The number of benzene rings is 1. The van der Waals surface area contributed by atoms with Crippen molar-refractivity contribution in [1.82, 2.24) is 14.9 Å². The zero-order chi connectivity index (χ0) is 24.2. The first-order chi connectivity index (χ1) is 16.4. The molecule has 1 aliphatic heterocycles. The number of nitrogens with one attached hydrogen (secondary N) is 1. The number of esters is 2. The van der Waals surface area contributed by atoms with Crippen LogP contribution in [0.4, 0.5) is 5.69 Å². The largest absolute Gasteiger partial charge is 0.497 e. The number of piperazine rings is 1. The van der Waals surface area contributed by atoms with Crippen LogP contribution < -0.4 is 15.2 Å². The number of thiophene rings is 1. The summed E-state index contributed by atoms with van der Waals surface area (Å²) >= 11 is 1.05. The lowest BCUT2D eigenvalue weighted by atomic mass is 10.1. The van der Waals surface area contributed by atoms with E-state index < -0.39 is 11.9 Å². The first-order valence-electron chi connectivity index (χ1n) is 10.7.